The third-order valence-corrected chi connectivity index (χ3v) is 1.48. The van der Waals surface area contributed by atoms with Crippen LogP contribution in [0.4, 0.5) is 0 Å². The maximum atomic E-state index is 10.0. The first-order valence-corrected chi connectivity index (χ1v) is 3.40. The summed E-state index contributed by atoms with van der Waals surface area (Å²) < 4.78 is 0. The lowest BCUT2D eigenvalue weighted by molar-refractivity contribution is -0.118. The number of hydrogen-bond donors (Lipinski definition) is 5. The fraction of sp³-hybridized carbons (Fsp3) is 0.833. The minimum atomic E-state index is -1.62. The molecule has 6 heteroatoms. The number of carbonyl (C=O) groups is 1. The average molecular weight is 180 g/mol. The maximum absolute atomic E-state index is 10.0. The van der Waals surface area contributed by atoms with Crippen LogP contribution in [0.5, 0.6) is 0 Å². The van der Waals surface area contributed by atoms with Crippen molar-refractivity contribution in [1.82, 2.24) is 0 Å². The van der Waals surface area contributed by atoms with Gasteiger partial charge in [-0.3, -0.25) is 0 Å². The number of rotatable bonds is 5. The molecular weight excluding hydrogens is 167 g/mol. The summed E-state index contributed by atoms with van der Waals surface area (Å²) in [5, 5.41) is 35.2. The van der Waals surface area contributed by atoms with E-state index in [2.05, 4.69) is 0 Å². The topological polar surface area (TPSA) is 124 Å². The molecule has 0 fully saturated rings. The van der Waals surface area contributed by atoms with Crippen molar-refractivity contribution in [3.8, 4) is 0 Å². The highest BCUT2D eigenvalue weighted by Gasteiger charge is 2.28. The predicted octanol–water partition coefficient (Wildman–Crippen LogP) is -3.41. The molecule has 72 valence electrons. The summed E-state index contributed by atoms with van der Waals surface area (Å²) in [6.07, 6.45) is -4.43. The Hall–Kier alpha value is -0.530. The van der Waals surface area contributed by atoms with Gasteiger partial charge in [-0.05, 0) is 0 Å². The van der Waals surface area contributed by atoms with E-state index in [9.17, 15) is 4.79 Å². The van der Waals surface area contributed by atoms with Gasteiger partial charge in [-0.2, -0.15) is 0 Å². The van der Waals surface area contributed by atoms with Gasteiger partial charge in [0.2, 0.25) is 0 Å². The third-order valence-electron chi connectivity index (χ3n) is 1.48. The second-order valence-electron chi connectivity index (χ2n) is 2.44. The van der Waals surface area contributed by atoms with E-state index in [0.29, 0.717) is 0 Å². The first-order valence-electron chi connectivity index (χ1n) is 3.40. The van der Waals surface area contributed by atoms with E-state index in [0.717, 1.165) is 0 Å². The molecule has 0 saturated carbocycles. The van der Waals surface area contributed by atoms with Crippen molar-refractivity contribution in [1.29, 1.82) is 0 Å². The van der Waals surface area contributed by atoms with Crippen LogP contribution in [0.15, 0.2) is 0 Å². The third kappa shape index (κ3) is 2.84. The molecule has 0 saturated heterocycles. The first kappa shape index (κ1) is 11.5. The molecule has 0 amide bonds. The lowest BCUT2D eigenvalue weighted by atomic mass is 10.1. The molecule has 6 N–H and O–H groups in total. The highest BCUT2D eigenvalue weighted by molar-refractivity contribution is 5.58. The van der Waals surface area contributed by atoms with E-state index in [-0.39, 0.29) is 6.29 Å². The van der Waals surface area contributed by atoms with Crippen molar-refractivity contribution in [3.05, 3.63) is 0 Å². The SMILES string of the molecule is N[C@@H]([13CH]=O)[C@@H](O)[C@H](O)[C@H](O)CO. The van der Waals surface area contributed by atoms with Crippen molar-refractivity contribution >= 4 is 6.29 Å². The molecule has 0 aliphatic rings. The zero-order chi connectivity index (χ0) is 9.72. The quantitative estimate of drug-likeness (QED) is 0.222. The van der Waals surface area contributed by atoms with E-state index in [1.807, 2.05) is 0 Å². The van der Waals surface area contributed by atoms with Crippen molar-refractivity contribution in [2.45, 2.75) is 24.4 Å². The predicted molar refractivity (Wildman–Crippen MR) is 39.1 cm³/mol. The Morgan fingerprint density at radius 2 is 1.75 bits per heavy atom. The number of nitrogens with two attached hydrogens (primary N) is 1. The van der Waals surface area contributed by atoms with Crippen LogP contribution in [0, 0.1) is 0 Å². The van der Waals surface area contributed by atoms with Crippen molar-refractivity contribution < 1.29 is 25.2 Å². The molecule has 0 aliphatic carbocycles. The van der Waals surface area contributed by atoms with Gasteiger partial charge in [-0.15, -0.1) is 0 Å². The van der Waals surface area contributed by atoms with Crippen LogP contribution >= 0.6 is 0 Å². The molecule has 0 spiro atoms. The minimum Gasteiger partial charge on any atom is -0.394 e. The Labute approximate surface area is 69.2 Å². The molecule has 4 atom stereocenters. The number of aliphatic hydroxyl groups excluding tert-OH is 4. The summed E-state index contributed by atoms with van der Waals surface area (Å²) in [6, 6.07) is -1.26. The van der Waals surface area contributed by atoms with Gasteiger partial charge in [0.05, 0.1) is 12.6 Å². The average Bonchev–Trinajstić information content (AvgIpc) is 2.12. The normalized spacial score (nSPS) is 21.1. The number of aldehydes is 1. The molecule has 0 heterocycles. The minimum absolute atomic E-state index is 0.248. The molecular formula is C6H13NO5. The zero-order valence-electron chi connectivity index (χ0n) is 6.37. The highest BCUT2D eigenvalue weighted by Crippen LogP contribution is 2.01. The Balaban J connectivity index is 4.07. The number of hydrogen-bond acceptors (Lipinski definition) is 6. The van der Waals surface area contributed by atoms with Gasteiger partial charge >= 0.3 is 0 Å². The standard InChI is InChI=1S/C6H13NO5/c7-3(1-8)5(11)6(12)4(10)2-9/h1,3-6,9-12H,2,7H2/t3-,4+,5+,6+/m0/s1/i1+1. The van der Waals surface area contributed by atoms with Crippen LogP contribution in [-0.4, -0.2) is 57.7 Å². The van der Waals surface area contributed by atoms with Crippen LogP contribution in [0.1, 0.15) is 0 Å². The molecule has 6 nitrogen and oxygen atoms in total. The van der Waals surface area contributed by atoms with Gasteiger partial charge in [0.25, 0.3) is 0 Å². The Morgan fingerprint density at radius 1 is 1.25 bits per heavy atom. The highest BCUT2D eigenvalue weighted by atomic mass is 16.4. The summed E-state index contributed by atoms with van der Waals surface area (Å²) >= 11 is 0. The van der Waals surface area contributed by atoms with Gasteiger partial charge in [0, 0.05) is 0 Å². The Morgan fingerprint density at radius 3 is 2.08 bits per heavy atom. The van der Waals surface area contributed by atoms with Crippen LogP contribution in [0.3, 0.4) is 0 Å². The molecule has 0 bridgehead atoms. The van der Waals surface area contributed by atoms with Gasteiger partial charge in [0.1, 0.15) is 24.6 Å². The molecule has 0 aromatic heterocycles. The summed E-state index contributed by atoms with van der Waals surface area (Å²) in [5.74, 6) is 0. The second kappa shape index (κ2) is 5.18. The maximum Gasteiger partial charge on any atom is 0.139 e. The van der Waals surface area contributed by atoms with E-state index in [1.165, 1.54) is 0 Å². The van der Waals surface area contributed by atoms with Crippen molar-refractivity contribution in [2.24, 2.45) is 5.73 Å². The summed E-state index contributed by atoms with van der Waals surface area (Å²) in [4.78, 5) is 10.0. The molecule has 12 heavy (non-hydrogen) atoms. The van der Waals surface area contributed by atoms with Gasteiger partial charge in [-0.25, -0.2) is 0 Å². The largest absolute Gasteiger partial charge is 0.394 e. The molecule has 0 aromatic carbocycles. The first-order chi connectivity index (χ1) is 5.54. The lowest BCUT2D eigenvalue weighted by Crippen LogP contribution is -2.49. The van der Waals surface area contributed by atoms with Gasteiger partial charge in [0.15, 0.2) is 0 Å². The van der Waals surface area contributed by atoms with Crippen molar-refractivity contribution in [2.75, 3.05) is 6.61 Å². The van der Waals surface area contributed by atoms with E-state index in [4.69, 9.17) is 26.2 Å². The molecule has 0 radical (unpaired) electrons. The summed E-state index contributed by atoms with van der Waals surface area (Å²) in [7, 11) is 0. The van der Waals surface area contributed by atoms with Crippen LogP contribution < -0.4 is 5.73 Å². The zero-order valence-corrected chi connectivity index (χ0v) is 6.37. The van der Waals surface area contributed by atoms with E-state index < -0.39 is 31.0 Å². The summed E-state index contributed by atoms with van der Waals surface area (Å²) in [5.41, 5.74) is 5.04. The van der Waals surface area contributed by atoms with Crippen LogP contribution in [-0.2, 0) is 4.79 Å². The monoisotopic (exact) mass is 180 g/mol. The van der Waals surface area contributed by atoms with E-state index in [1.54, 1.807) is 0 Å². The molecule has 0 unspecified atom stereocenters. The molecule has 0 aromatic rings. The van der Waals surface area contributed by atoms with Crippen LogP contribution in [0.25, 0.3) is 0 Å². The smallest absolute Gasteiger partial charge is 0.139 e. The van der Waals surface area contributed by atoms with Crippen molar-refractivity contribution in [3.63, 3.8) is 0 Å². The molecule has 0 rings (SSSR count). The fourth-order valence-electron chi connectivity index (χ4n) is 0.644. The lowest BCUT2D eigenvalue weighted by Gasteiger charge is -2.23. The second-order valence-corrected chi connectivity index (χ2v) is 2.44. The summed E-state index contributed by atoms with van der Waals surface area (Å²) in [6.45, 7) is -0.705. The van der Waals surface area contributed by atoms with Crippen LogP contribution in [0.2, 0.25) is 0 Å². The Bertz CT molecular complexity index is 142. The Kier molecular flexibility index (Phi) is 4.95. The van der Waals surface area contributed by atoms with Gasteiger partial charge in [-0.1, -0.05) is 0 Å². The number of carbonyl (C=O) groups excluding carboxylic acids is 1. The van der Waals surface area contributed by atoms with Gasteiger partial charge < -0.3 is 31.0 Å². The fourth-order valence-corrected chi connectivity index (χ4v) is 0.644. The number of aliphatic hydroxyl groups is 4. The van der Waals surface area contributed by atoms with E-state index >= 15 is 0 Å². The molecule has 0 aliphatic heterocycles.